The summed E-state index contributed by atoms with van der Waals surface area (Å²) in [5, 5.41) is 5.13. The monoisotopic (exact) mass is 281 g/mol. The lowest BCUT2D eigenvalue weighted by molar-refractivity contribution is 0.279. The van der Waals surface area contributed by atoms with Crippen LogP contribution in [0.3, 0.4) is 0 Å². The van der Waals surface area contributed by atoms with Gasteiger partial charge < -0.3 is 10.2 Å². The molecule has 0 amide bonds. The van der Waals surface area contributed by atoms with Crippen molar-refractivity contribution < 1.29 is 0 Å². The molecule has 3 nitrogen and oxygen atoms in total. The van der Waals surface area contributed by atoms with E-state index >= 15 is 0 Å². The number of hydrogen-bond acceptors (Lipinski definition) is 4. The van der Waals surface area contributed by atoms with E-state index in [-0.39, 0.29) is 5.54 Å². The van der Waals surface area contributed by atoms with Crippen LogP contribution in [-0.2, 0) is 5.54 Å². The Hall–Kier alpha value is -0.450. The van der Waals surface area contributed by atoms with Crippen molar-refractivity contribution in [1.82, 2.24) is 15.2 Å². The van der Waals surface area contributed by atoms with Gasteiger partial charge in [0, 0.05) is 11.4 Å². The van der Waals surface area contributed by atoms with Crippen LogP contribution in [0.4, 0.5) is 0 Å². The van der Waals surface area contributed by atoms with Crippen LogP contribution < -0.4 is 5.32 Å². The van der Waals surface area contributed by atoms with Crippen LogP contribution >= 0.6 is 11.3 Å². The highest BCUT2D eigenvalue weighted by Crippen LogP contribution is 2.36. The van der Waals surface area contributed by atoms with E-state index in [2.05, 4.69) is 38.0 Å². The van der Waals surface area contributed by atoms with E-state index in [1.807, 2.05) is 11.3 Å². The van der Waals surface area contributed by atoms with Crippen LogP contribution in [0, 0.1) is 13.8 Å². The van der Waals surface area contributed by atoms with Gasteiger partial charge in [0.2, 0.25) is 0 Å². The molecule has 1 saturated heterocycles. The van der Waals surface area contributed by atoms with Crippen LogP contribution in [0.5, 0.6) is 0 Å². The van der Waals surface area contributed by atoms with Gasteiger partial charge in [-0.25, -0.2) is 4.98 Å². The number of aromatic nitrogens is 1. The molecule has 0 bridgehead atoms. The summed E-state index contributed by atoms with van der Waals surface area (Å²) in [4.78, 5) is 8.68. The van der Waals surface area contributed by atoms with Crippen LogP contribution in [-0.4, -0.2) is 36.6 Å². The van der Waals surface area contributed by atoms with Crippen LogP contribution in [0.1, 0.15) is 48.2 Å². The average molecular weight is 281 g/mol. The van der Waals surface area contributed by atoms with Crippen molar-refractivity contribution in [3.05, 3.63) is 15.6 Å². The Bertz CT molecular complexity index is 392. The van der Waals surface area contributed by atoms with Gasteiger partial charge in [-0.15, -0.1) is 11.3 Å². The van der Waals surface area contributed by atoms with Crippen molar-refractivity contribution in [1.29, 1.82) is 0 Å². The summed E-state index contributed by atoms with van der Waals surface area (Å²) in [6.07, 6.45) is 4.82. The average Bonchev–Trinajstić information content (AvgIpc) is 2.62. The molecule has 0 aromatic carbocycles. The van der Waals surface area contributed by atoms with E-state index in [9.17, 15) is 0 Å². The molecular weight excluding hydrogens is 254 g/mol. The van der Waals surface area contributed by atoms with Crippen molar-refractivity contribution in [3.63, 3.8) is 0 Å². The largest absolute Gasteiger partial charge is 0.306 e. The fraction of sp³-hybridized carbons (Fsp3) is 0.800. The summed E-state index contributed by atoms with van der Waals surface area (Å²) in [7, 11) is 2.23. The van der Waals surface area contributed by atoms with Crippen molar-refractivity contribution in [2.24, 2.45) is 0 Å². The predicted molar refractivity (Wildman–Crippen MR) is 82.9 cm³/mol. The Morgan fingerprint density at radius 1 is 1.32 bits per heavy atom. The zero-order valence-electron chi connectivity index (χ0n) is 12.8. The number of aryl methyl sites for hydroxylation is 2. The van der Waals surface area contributed by atoms with Crippen LogP contribution in [0.2, 0.25) is 0 Å². The first-order valence-corrected chi connectivity index (χ1v) is 8.27. The lowest BCUT2D eigenvalue weighted by atomic mass is 9.91. The minimum Gasteiger partial charge on any atom is -0.306 e. The van der Waals surface area contributed by atoms with Gasteiger partial charge in [-0.2, -0.15) is 0 Å². The topological polar surface area (TPSA) is 28.2 Å². The van der Waals surface area contributed by atoms with Gasteiger partial charge in [-0.3, -0.25) is 0 Å². The molecular formula is C15H27N3S. The van der Waals surface area contributed by atoms with Gasteiger partial charge in [0.15, 0.2) is 0 Å². The summed E-state index contributed by atoms with van der Waals surface area (Å²) in [5.74, 6) is 0. The van der Waals surface area contributed by atoms with Gasteiger partial charge in [0.05, 0.1) is 11.2 Å². The number of rotatable bonds is 4. The van der Waals surface area contributed by atoms with Crippen LogP contribution in [0.25, 0.3) is 0 Å². The maximum atomic E-state index is 4.86. The summed E-state index contributed by atoms with van der Waals surface area (Å²) < 4.78 is 0. The van der Waals surface area contributed by atoms with Crippen LogP contribution in [0.15, 0.2) is 0 Å². The number of nitrogens with zero attached hydrogens (tertiary/aromatic N) is 2. The molecule has 1 unspecified atom stereocenters. The van der Waals surface area contributed by atoms with E-state index in [4.69, 9.17) is 4.98 Å². The van der Waals surface area contributed by atoms with Crippen molar-refractivity contribution in [2.75, 3.05) is 26.7 Å². The third-order valence-electron chi connectivity index (χ3n) is 4.21. The zero-order chi connectivity index (χ0) is 13.9. The molecule has 1 aromatic heterocycles. The lowest BCUT2D eigenvalue weighted by Crippen LogP contribution is -2.43. The molecule has 1 N–H and O–H groups in total. The Balaban J connectivity index is 2.27. The standard InChI is InChI=1S/C15H27N3S/c1-5-9-16-15(7-6-10-18(4)11-8-15)14-17-12(2)13(3)19-14/h16H,5-11H2,1-4H3. The highest BCUT2D eigenvalue weighted by atomic mass is 32.1. The Morgan fingerprint density at radius 2 is 2.11 bits per heavy atom. The van der Waals surface area contributed by atoms with Gasteiger partial charge >= 0.3 is 0 Å². The molecule has 2 rings (SSSR count). The summed E-state index contributed by atoms with van der Waals surface area (Å²) in [6, 6.07) is 0. The predicted octanol–water partition coefficient (Wildman–Crippen LogP) is 3.07. The molecule has 108 valence electrons. The number of thiazole rings is 1. The number of nitrogens with one attached hydrogen (secondary N) is 1. The molecule has 1 aromatic rings. The van der Waals surface area contributed by atoms with Crippen molar-refractivity contribution in [2.45, 2.75) is 52.0 Å². The van der Waals surface area contributed by atoms with Crippen molar-refractivity contribution >= 4 is 11.3 Å². The second kappa shape index (κ2) is 6.33. The third kappa shape index (κ3) is 3.36. The molecule has 0 saturated carbocycles. The molecule has 0 spiro atoms. The molecule has 1 aliphatic heterocycles. The molecule has 1 atom stereocenters. The number of likely N-dealkylation sites (tertiary alicyclic amines) is 1. The first-order chi connectivity index (χ1) is 9.07. The highest BCUT2D eigenvalue weighted by Gasteiger charge is 2.36. The van der Waals surface area contributed by atoms with Gasteiger partial charge in [-0.05, 0) is 59.7 Å². The Labute approximate surface area is 121 Å². The van der Waals surface area contributed by atoms with E-state index < -0.39 is 0 Å². The van der Waals surface area contributed by atoms with E-state index in [0.717, 1.165) is 13.1 Å². The molecule has 1 fully saturated rings. The molecule has 1 aliphatic rings. The van der Waals surface area contributed by atoms with Gasteiger partial charge in [-0.1, -0.05) is 6.92 Å². The Morgan fingerprint density at radius 3 is 2.74 bits per heavy atom. The quantitative estimate of drug-likeness (QED) is 0.919. The minimum atomic E-state index is 0.116. The first kappa shape index (κ1) is 14.9. The summed E-state index contributed by atoms with van der Waals surface area (Å²) >= 11 is 1.89. The lowest BCUT2D eigenvalue weighted by Gasteiger charge is -2.32. The summed E-state index contributed by atoms with van der Waals surface area (Å²) in [6.45, 7) is 10.0. The minimum absolute atomic E-state index is 0.116. The normalized spacial score (nSPS) is 25.5. The maximum absolute atomic E-state index is 4.86. The van der Waals surface area contributed by atoms with E-state index in [1.54, 1.807) is 0 Å². The first-order valence-electron chi connectivity index (χ1n) is 7.45. The van der Waals surface area contributed by atoms with Crippen molar-refractivity contribution in [3.8, 4) is 0 Å². The number of hydrogen-bond donors (Lipinski definition) is 1. The smallest absolute Gasteiger partial charge is 0.113 e. The fourth-order valence-electron chi connectivity index (χ4n) is 2.78. The molecule has 19 heavy (non-hydrogen) atoms. The van der Waals surface area contributed by atoms with E-state index in [0.29, 0.717) is 0 Å². The molecule has 4 heteroatoms. The molecule has 0 radical (unpaired) electrons. The second-order valence-electron chi connectivity index (χ2n) is 5.83. The van der Waals surface area contributed by atoms with E-state index in [1.165, 1.54) is 47.8 Å². The van der Waals surface area contributed by atoms with Gasteiger partial charge in [0.1, 0.15) is 5.01 Å². The van der Waals surface area contributed by atoms with Gasteiger partial charge in [0.25, 0.3) is 0 Å². The third-order valence-corrected chi connectivity index (χ3v) is 5.49. The summed E-state index contributed by atoms with van der Waals surface area (Å²) in [5.41, 5.74) is 1.32. The molecule has 2 heterocycles. The zero-order valence-corrected chi connectivity index (χ0v) is 13.6. The molecule has 0 aliphatic carbocycles. The SMILES string of the molecule is CCCNC1(c2nc(C)c(C)s2)CCCN(C)CC1. The second-order valence-corrected chi connectivity index (χ2v) is 7.03. The Kier molecular flexibility index (Phi) is 4.98. The maximum Gasteiger partial charge on any atom is 0.113 e. The highest BCUT2D eigenvalue weighted by molar-refractivity contribution is 7.11. The fourth-order valence-corrected chi connectivity index (χ4v) is 3.91.